The lowest BCUT2D eigenvalue weighted by Crippen LogP contribution is -2.14. The van der Waals surface area contributed by atoms with Crippen LogP contribution in [0.3, 0.4) is 0 Å². The molecule has 2 heterocycles. The third kappa shape index (κ3) is 3.36. The number of benzene rings is 1. The van der Waals surface area contributed by atoms with Crippen molar-refractivity contribution >= 4 is 0 Å². The van der Waals surface area contributed by atoms with Gasteiger partial charge in [0.1, 0.15) is 5.82 Å². The molecule has 0 fully saturated rings. The second kappa shape index (κ2) is 6.63. The number of H-pyrrole nitrogens is 1. The van der Waals surface area contributed by atoms with E-state index in [0.717, 1.165) is 54.5 Å². The monoisotopic (exact) mass is 287 g/mol. The first-order valence-corrected chi connectivity index (χ1v) is 7.51. The van der Waals surface area contributed by atoms with Gasteiger partial charge in [0.05, 0.1) is 31.6 Å². The molecule has 0 unspecified atom stereocenters. The van der Waals surface area contributed by atoms with Gasteiger partial charge in [-0.3, -0.25) is 0 Å². The van der Waals surface area contributed by atoms with Crippen LogP contribution in [0.15, 0.2) is 24.4 Å². The van der Waals surface area contributed by atoms with Gasteiger partial charge in [-0.2, -0.15) is 0 Å². The number of ether oxygens (including phenoxy) is 2. The van der Waals surface area contributed by atoms with Gasteiger partial charge >= 0.3 is 0 Å². The summed E-state index contributed by atoms with van der Waals surface area (Å²) in [5, 5.41) is 3.34. The van der Waals surface area contributed by atoms with E-state index in [1.807, 2.05) is 24.4 Å². The summed E-state index contributed by atoms with van der Waals surface area (Å²) in [5.74, 6) is 2.58. The molecule has 0 spiro atoms. The lowest BCUT2D eigenvalue weighted by Gasteiger charge is -2.08. The first-order valence-electron chi connectivity index (χ1n) is 7.51. The van der Waals surface area contributed by atoms with Gasteiger partial charge in [0.2, 0.25) is 0 Å². The molecule has 0 saturated carbocycles. The highest BCUT2D eigenvalue weighted by atomic mass is 16.5. The van der Waals surface area contributed by atoms with Crippen LogP contribution in [0, 0.1) is 0 Å². The lowest BCUT2D eigenvalue weighted by molar-refractivity contribution is 0.297. The smallest absolute Gasteiger partial charge is 0.161 e. The summed E-state index contributed by atoms with van der Waals surface area (Å²) in [4.78, 5) is 7.75. The van der Waals surface area contributed by atoms with Gasteiger partial charge < -0.3 is 19.8 Å². The molecule has 5 heteroatoms. The van der Waals surface area contributed by atoms with E-state index in [1.165, 1.54) is 0 Å². The number of hydrogen-bond acceptors (Lipinski definition) is 4. The molecule has 5 nitrogen and oxygen atoms in total. The van der Waals surface area contributed by atoms with Gasteiger partial charge in [-0.25, -0.2) is 4.98 Å². The summed E-state index contributed by atoms with van der Waals surface area (Å²) in [6, 6.07) is 6.01. The summed E-state index contributed by atoms with van der Waals surface area (Å²) in [7, 11) is 0. The molecule has 0 bridgehead atoms. The second-order valence-electron chi connectivity index (χ2n) is 5.13. The minimum Gasteiger partial charge on any atom is -0.490 e. The van der Waals surface area contributed by atoms with Crippen molar-refractivity contribution in [3.05, 3.63) is 30.2 Å². The highest BCUT2D eigenvalue weighted by Gasteiger charge is 2.12. The Morgan fingerprint density at radius 2 is 2.10 bits per heavy atom. The van der Waals surface area contributed by atoms with E-state index in [0.29, 0.717) is 13.2 Å². The molecule has 112 valence electrons. The molecule has 21 heavy (non-hydrogen) atoms. The molecule has 1 aliphatic heterocycles. The zero-order valence-electron chi connectivity index (χ0n) is 12.3. The fourth-order valence-electron chi connectivity index (χ4n) is 2.31. The Balaban J connectivity index is 1.76. The Bertz CT molecular complexity index is 595. The Morgan fingerprint density at radius 3 is 2.95 bits per heavy atom. The predicted octanol–water partition coefficient (Wildman–Crippen LogP) is 2.74. The number of nitrogens with one attached hydrogen (secondary N) is 2. The minimum atomic E-state index is 0.700. The van der Waals surface area contributed by atoms with Crippen LogP contribution in [0.1, 0.15) is 25.6 Å². The third-order valence-electron chi connectivity index (χ3n) is 3.41. The van der Waals surface area contributed by atoms with Crippen LogP contribution < -0.4 is 14.8 Å². The number of hydrogen-bond donors (Lipinski definition) is 2. The summed E-state index contributed by atoms with van der Waals surface area (Å²) in [6.45, 7) is 5.33. The largest absolute Gasteiger partial charge is 0.490 e. The number of aromatic nitrogens is 2. The number of imidazole rings is 1. The standard InChI is InChI=1S/C16H21N3O2/c1-2-6-17-11-16-18-10-13(19-16)12-4-5-14-15(9-12)21-8-3-7-20-14/h4-5,9-10,17H,2-3,6-8,11H2,1H3,(H,18,19). The molecule has 0 amide bonds. The molecular formula is C16H21N3O2. The Labute approximate surface area is 124 Å². The van der Waals surface area contributed by atoms with Crippen molar-refractivity contribution in [1.29, 1.82) is 0 Å². The second-order valence-corrected chi connectivity index (χ2v) is 5.13. The first kappa shape index (κ1) is 13.9. The van der Waals surface area contributed by atoms with Gasteiger partial charge in [0, 0.05) is 12.0 Å². The van der Waals surface area contributed by atoms with E-state index in [1.54, 1.807) is 0 Å². The number of fused-ring (bicyclic) bond motifs is 1. The molecule has 2 aromatic rings. The van der Waals surface area contributed by atoms with E-state index in [-0.39, 0.29) is 0 Å². The Hall–Kier alpha value is -2.01. The van der Waals surface area contributed by atoms with Gasteiger partial charge in [-0.15, -0.1) is 0 Å². The zero-order chi connectivity index (χ0) is 14.5. The van der Waals surface area contributed by atoms with E-state index in [2.05, 4.69) is 22.2 Å². The number of aromatic amines is 1. The molecule has 1 aromatic carbocycles. The molecule has 0 atom stereocenters. The predicted molar refractivity (Wildman–Crippen MR) is 81.6 cm³/mol. The van der Waals surface area contributed by atoms with Crippen LogP contribution in [0.4, 0.5) is 0 Å². The van der Waals surface area contributed by atoms with E-state index in [9.17, 15) is 0 Å². The van der Waals surface area contributed by atoms with Crippen LogP contribution in [-0.2, 0) is 6.54 Å². The number of rotatable bonds is 5. The maximum atomic E-state index is 5.73. The summed E-state index contributed by atoms with van der Waals surface area (Å²) < 4.78 is 11.4. The van der Waals surface area contributed by atoms with Crippen LogP contribution in [0.25, 0.3) is 11.3 Å². The van der Waals surface area contributed by atoms with Gasteiger partial charge in [-0.1, -0.05) is 6.92 Å². The molecular weight excluding hydrogens is 266 g/mol. The topological polar surface area (TPSA) is 59.2 Å². The van der Waals surface area contributed by atoms with Crippen molar-refractivity contribution < 1.29 is 9.47 Å². The molecule has 0 radical (unpaired) electrons. The zero-order valence-corrected chi connectivity index (χ0v) is 12.3. The fourth-order valence-corrected chi connectivity index (χ4v) is 2.31. The lowest BCUT2D eigenvalue weighted by atomic mass is 10.1. The normalized spacial score (nSPS) is 14.0. The molecule has 2 N–H and O–H groups in total. The molecule has 0 saturated heterocycles. The summed E-state index contributed by atoms with van der Waals surface area (Å²) in [6.07, 6.45) is 3.90. The minimum absolute atomic E-state index is 0.700. The molecule has 1 aromatic heterocycles. The van der Waals surface area contributed by atoms with Crippen molar-refractivity contribution in [2.45, 2.75) is 26.3 Å². The maximum absolute atomic E-state index is 5.73. The van der Waals surface area contributed by atoms with Crippen LogP contribution >= 0.6 is 0 Å². The highest BCUT2D eigenvalue weighted by molar-refractivity contribution is 5.63. The summed E-state index contributed by atoms with van der Waals surface area (Å²) >= 11 is 0. The first-order chi connectivity index (χ1) is 10.4. The van der Waals surface area contributed by atoms with Gasteiger partial charge in [0.15, 0.2) is 11.5 Å². The number of nitrogens with zero attached hydrogens (tertiary/aromatic N) is 1. The third-order valence-corrected chi connectivity index (χ3v) is 3.41. The van der Waals surface area contributed by atoms with Crippen molar-refractivity contribution in [2.24, 2.45) is 0 Å². The van der Waals surface area contributed by atoms with Crippen molar-refractivity contribution in [3.8, 4) is 22.8 Å². The molecule has 0 aliphatic carbocycles. The van der Waals surface area contributed by atoms with Crippen molar-refractivity contribution in [2.75, 3.05) is 19.8 Å². The summed E-state index contributed by atoms with van der Waals surface area (Å²) in [5.41, 5.74) is 2.06. The Kier molecular flexibility index (Phi) is 4.40. The van der Waals surface area contributed by atoms with Crippen LogP contribution in [-0.4, -0.2) is 29.7 Å². The quantitative estimate of drug-likeness (QED) is 0.830. The average Bonchev–Trinajstić information content (AvgIpc) is 2.85. The van der Waals surface area contributed by atoms with Gasteiger partial charge in [0.25, 0.3) is 0 Å². The van der Waals surface area contributed by atoms with Crippen molar-refractivity contribution in [3.63, 3.8) is 0 Å². The van der Waals surface area contributed by atoms with Crippen molar-refractivity contribution in [1.82, 2.24) is 15.3 Å². The highest BCUT2D eigenvalue weighted by Crippen LogP contribution is 2.33. The van der Waals surface area contributed by atoms with Gasteiger partial charge in [-0.05, 0) is 31.2 Å². The van der Waals surface area contributed by atoms with E-state index in [4.69, 9.17) is 9.47 Å². The van der Waals surface area contributed by atoms with E-state index < -0.39 is 0 Å². The fraction of sp³-hybridized carbons (Fsp3) is 0.438. The van der Waals surface area contributed by atoms with Crippen LogP contribution in [0.2, 0.25) is 0 Å². The van der Waals surface area contributed by atoms with Crippen LogP contribution in [0.5, 0.6) is 11.5 Å². The SMILES string of the molecule is CCCNCc1ncc(-c2ccc3c(c2)OCCCO3)[nH]1. The maximum Gasteiger partial charge on any atom is 0.161 e. The molecule has 1 aliphatic rings. The average molecular weight is 287 g/mol. The Morgan fingerprint density at radius 1 is 1.24 bits per heavy atom. The molecule has 3 rings (SSSR count). The van der Waals surface area contributed by atoms with E-state index >= 15 is 0 Å².